The Labute approximate surface area is 134 Å². The maximum atomic E-state index is 12.4. The highest BCUT2D eigenvalue weighted by atomic mass is 16.5. The molecule has 23 heavy (non-hydrogen) atoms. The van der Waals surface area contributed by atoms with Crippen LogP contribution in [0.4, 0.5) is 0 Å². The van der Waals surface area contributed by atoms with Crippen LogP contribution < -0.4 is 9.47 Å². The number of nitrogens with zero attached hydrogens (tertiary/aromatic N) is 4. The number of hydrogen-bond donors (Lipinski definition) is 0. The molecule has 2 aromatic heterocycles. The molecule has 0 unspecified atom stereocenters. The molecule has 0 aliphatic carbocycles. The van der Waals surface area contributed by atoms with Crippen LogP contribution in [0.3, 0.4) is 0 Å². The first-order valence-electron chi connectivity index (χ1n) is 7.49. The number of carbonyl (C=O) groups excluding carboxylic acids is 1. The van der Waals surface area contributed by atoms with E-state index >= 15 is 0 Å². The van der Waals surface area contributed by atoms with E-state index < -0.39 is 0 Å². The number of piperidine rings is 1. The molecule has 0 spiro atoms. The van der Waals surface area contributed by atoms with Crippen molar-refractivity contribution in [1.82, 2.24) is 19.9 Å². The van der Waals surface area contributed by atoms with Gasteiger partial charge in [-0.25, -0.2) is 4.98 Å². The van der Waals surface area contributed by atoms with E-state index in [4.69, 9.17) is 9.47 Å². The third kappa shape index (κ3) is 3.74. The number of methoxy groups -OCH3 is 1. The molecule has 120 valence electrons. The zero-order chi connectivity index (χ0) is 16.1. The average molecular weight is 314 g/mol. The van der Waals surface area contributed by atoms with E-state index in [-0.39, 0.29) is 18.0 Å². The summed E-state index contributed by atoms with van der Waals surface area (Å²) in [6.07, 6.45) is 6.41. The maximum absolute atomic E-state index is 12.4. The number of aromatic nitrogens is 3. The van der Waals surface area contributed by atoms with E-state index in [1.165, 1.54) is 7.11 Å². The van der Waals surface area contributed by atoms with Crippen molar-refractivity contribution in [3.63, 3.8) is 0 Å². The van der Waals surface area contributed by atoms with Crippen molar-refractivity contribution < 1.29 is 14.3 Å². The maximum Gasteiger partial charge on any atom is 0.319 e. The summed E-state index contributed by atoms with van der Waals surface area (Å²) in [5.41, 5.74) is 0.618. The Balaban J connectivity index is 1.55. The molecule has 0 aromatic carbocycles. The molecule has 0 saturated carbocycles. The third-order valence-electron chi connectivity index (χ3n) is 3.72. The lowest BCUT2D eigenvalue weighted by molar-refractivity contribution is 0.0586. The summed E-state index contributed by atoms with van der Waals surface area (Å²) in [5.74, 6) is 0.508. The Kier molecular flexibility index (Phi) is 4.65. The van der Waals surface area contributed by atoms with Gasteiger partial charge in [0.1, 0.15) is 6.10 Å². The molecule has 3 heterocycles. The highest BCUT2D eigenvalue weighted by molar-refractivity contribution is 5.93. The van der Waals surface area contributed by atoms with Crippen molar-refractivity contribution >= 4 is 5.91 Å². The first-order valence-corrected chi connectivity index (χ1v) is 7.49. The summed E-state index contributed by atoms with van der Waals surface area (Å²) in [5, 5.41) is 0. The normalized spacial score (nSPS) is 15.3. The van der Waals surface area contributed by atoms with Crippen LogP contribution in [-0.4, -0.2) is 52.1 Å². The minimum atomic E-state index is 0.0141. The molecule has 3 rings (SSSR count). The number of amides is 1. The van der Waals surface area contributed by atoms with Gasteiger partial charge in [0.2, 0.25) is 5.88 Å². The van der Waals surface area contributed by atoms with Crippen LogP contribution >= 0.6 is 0 Å². The van der Waals surface area contributed by atoms with Crippen molar-refractivity contribution in [2.75, 3.05) is 20.2 Å². The number of likely N-dealkylation sites (tertiary alicyclic amines) is 1. The van der Waals surface area contributed by atoms with Gasteiger partial charge in [0.05, 0.1) is 12.7 Å². The quantitative estimate of drug-likeness (QED) is 0.852. The summed E-state index contributed by atoms with van der Waals surface area (Å²) in [7, 11) is 1.52. The standard InChI is InChI=1S/C16H18N4O3/c1-22-16-18-8-4-14(19-16)23-13-5-9-20(10-6-13)15(21)12-3-2-7-17-11-12/h2-4,7-8,11,13H,5-6,9-10H2,1H3. The first-order chi connectivity index (χ1) is 11.3. The largest absolute Gasteiger partial charge is 0.474 e. The average Bonchev–Trinajstić information content (AvgIpc) is 2.63. The van der Waals surface area contributed by atoms with Gasteiger partial charge < -0.3 is 14.4 Å². The van der Waals surface area contributed by atoms with E-state index in [2.05, 4.69) is 15.0 Å². The van der Waals surface area contributed by atoms with Crippen LogP contribution in [0.25, 0.3) is 0 Å². The van der Waals surface area contributed by atoms with Gasteiger partial charge in [0.15, 0.2) is 0 Å². The van der Waals surface area contributed by atoms with Gasteiger partial charge in [-0.3, -0.25) is 9.78 Å². The van der Waals surface area contributed by atoms with Gasteiger partial charge in [-0.1, -0.05) is 0 Å². The molecule has 7 heteroatoms. The number of carbonyl (C=O) groups is 1. The van der Waals surface area contributed by atoms with E-state index in [1.54, 1.807) is 36.8 Å². The Morgan fingerprint density at radius 3 is 2.78 bits per heavy atom. The van der Waals surface area contributed by atoms with Crippen molar-refractivity contribution in [2.24, 2.45) is 0 Å². The molecule has 0 radical (unpaired) electrons. The summed E-state index contributed by atoms with van der Waals surface area (Å²) < 4.78 is 10.8. The van der Waals surface area contributed by atoms with Gasteiger partial charge in [-0.2, -0.15) is 4.98 Å². The van der Waals surface area contributed by atoms with Gasteiger partial charge in [0, 0.05) is 50.6 Å². The first kappa shape index (κ1) is 15.2. The van der Waals surface area contributed by atoms with Crippen LogP contribution in [-0.2, 0) is 0 Å². The molecule has 0 bridgehead atoms. The molecule has 1 aliphatic rings. The second-order valence-corrected chi connectivity index (χ2v) is 5.23. The Morgan fingerprint density at radius 1 is 1.26 bits per heavy atom. The van der Waals surface area contributed by atoms with E-state index in [9.17, 15) is 4.79 Å². The SMILES string of the molecule is COc1nccc(OC2CCN(C(=O)c3cccnc3)CC2)n1. The van der Waals surface area contributed by atoms with Gasteiger partial charge in [-0.05, 0) is 12.1 Å². The second kappa shape index (κ2) is 7.04. The fourth-order valence-electron chi connectivity index (χ4n) is 2.51. The zero-order valence-electron chi connectivity index (χ0n) is 12.9. The molecular formula is C16H18N4O3. The molecule has 1 fully saturated rings. The predicted molar refractivity (Wildman–Crippen MR) is 82.4 cm³/mol. The fraction of sp³-hybridized carbons (Fsp3) is 0.375. The smallest absolute Gasteiger partial charge is 0.319 e. The summed E-state index contributed by atoms with van der Waals surface area (Å²) in [6.45, 7) is 1.31. The van der Waals surface area contributed by atoms with Crippen LogP contribution in [0.1, 0.15) is 23.2 Å². The van der Waals surface area contributed by atoms with Crippen LogP contribution in [0.2, 0.25) is 0 Å². The lowest BCUT2D eigenvalue weighted by Gasteiger charge is -2.31. The topological polar surface area (TPSA) is 77.4 Å². The molecule has 7 nitrogen and oxygen atoms in total. The predicted octanol–water partition coefficient (Wildman–Crippen LogP) is 1.56. The fourth-order valence-corrected chi connectivity index (χ4v) is 2.51. The summed E-state index contributed by atoms with van der Waals surface area (Å²) >= 11 is 0. The molecular weight excluding hydrogens is 296 g/mol. The van der Waals surface area contributed by atoms with Crippen LogP contribution in [0.5, 0.6) is 11.9 Å². The van der Waals surface area contributed by atoms with Crippen molar-refractivity contribution in [1.29, 1.82) is 0 Å². The number of hydrogen-bond acceptors (Lipinski definition) is 6. The van der Waals surface area contributed by atoms with Crippen molar-refractivity contribution in [2.45, 2.75) is 18.9 Å². The lowest BCUT2D eigenvalue weighted by Crippen LogP contribution is -2.41. The number of rotatable bonds is 4. The Morgan fingerprint density at radius 2 is 2.09 bits per heavy atom. The molecule has 1 saturated heterocycles. The highest BCUT2D eigenvalue weighted by Crippen LogP contribution is 2.19. The molecule has 2 aromatic rings. The molecule has 1 aliphatic heterocycles. The van der Waals surface area contributed by atoms with Gasteiger partial charge >= 0.3 is 6.01 Å². The van der Waals surface area contributed by atoms with Gasteiger partial charge in [-0.15, -0.1) is 0 Å². The number of pyridine rings is 1. The minimum absolute atomic E-state index is 0.0141. The van der Waals surface area contributed by atoms with E-state index in [1.807, 2.05) is 4.90 Å². The van der Waals surface area contributed by atoms with Crippen LogP contribution in [0.15, 0.2) is 36.8 Å². The highest BCUT2D eigenvalue weighted by Gasteiger charge is 2.25. The van der Waals surface area contributed by atoms with E-state index in [0.29, 0.717) is 24.5 Å². The molecule has 0 N–H and O–H groups in total. The van der Waals surface area contributed by atoms with E-state index in [0.717, 1.165) is 12.8 Å². The lowest BCUT2D eigenvalue weighted by atomic mass is 10.1. The Bertz CT molecular complexity index is 657. The molecule has 1 amide bonds. The molecule has 0 atom stereocenters. The van der Waals surface area contributed by atoms with Gasteiger partial charge in [0.25, 0.3) is 5.91 Å². The third-order valence-corrected chi connectivity index (χ3v) is 3.72. The minimum Gasteiger partial charge on any atom is -0.474 e. The summed E-state index contributed by atoms with van der Waals surface area (Å²) in [6, 6.07) is 5.54. The van der Waals surface area contributed by atoms with Crippen LogP contribution in [0, 0.1) is 0 Å². The monoisotopic (exact) mass is 314 g/mol. The second-order valence-electron chi connectivity index (χ2n) is 5.23. The van der Waals surface area contributed by atoms with Crippen molar-refractivity contribution in [3.8, 4) is 11.9 Å². The zero-order valence-corrected chi connectivity index (χ0v) is 12.9. The number of ether oxygens (including phenoxy) is 2. The Hall–Kier alpha value is -2.70. The summed E-state index contributed by atoms with van der Waals surface area (Å²) in [4.78, 5) is 26.3. The van der Waals surface area contributed by atoms with Crippen molar-refractivity contribution in [3.05, 3.63) is 42.4 Å².